The Morgan fingerprint density at radius 2 is 1.38 bits per heavy atom. The Morgan fingerprint density at radius 1 is 0.846 bits per heavy atom. The van der Waals surface area contributed by atoms with Crippen molar-refractivity contribution in [2.24, 2.45) is 5.41 Å². The zero-order valence-corrected chi connectivity index (χ0v) is 16.8. The van der Waals surface area contributed by atoms with E-state index in [2.05, 4.69) is 12.2 Å². The quantitative estimate of drug-likeness (QED) is 0.309. The van der Waals surface area contributed by atoms with Gasteiger partial charge in [0.1, 0.15) is 5.54 Å². The third-order valence-corrected chi connectivity index (χ3v) is 6.39. The molecule has 5 nitrogen and oxygen atoms in total. The molecule has 2 atom stereocenters. The highest BCUT2D eigenvalue weighted by Crippen LogP contribution is 2.48. The number of carbonyl (C=O) groups is 1. The van der Waals surface area contributed by atoms with Crippen molar-refractivity contribution in [2.45, 2.75) is 102 Å². The molecule has 0 saturated carbocycles. The maximum Gasteiger partial charge on any atom is 0.324 e. The highest BCUT2D eigenvalue weighted by molar-refractivity contribution is 5.80. The molecule has 1 aliphatic rings. The molecular weight excluding hydrogens is 330 g/mol. The summed E-state index contributed by atoms with van der Waals surface area (Å²) < 4.78 is 0. The van der Waals surface area contributed by atoms with Crippen LogP contribution >= 0.6 is 0 Å². The van der Waals surface area contributed by atoms with E-state index in [1.165, 1.54) is 51.4 Å². The molecule has 1 fully saturated rings. The van der Waals surface area contributed by atoms with E-state index in [0.717, 1.165) is 25.7 Å². The SMILES string of the molecule is CCCCCCCCCCCCC1(CCO)CCN[C@]1(CCO)C(=O)O. The number of carboxylic acids is 1. The van der Waals surface area contributed by atoms with Crippen LogP contribution < -0.4 is 5.32 Å². The van der Waals surface area contributed by atoms with Gasteiger partial charge in [-0.2, -0.15) is 0 Å². The van der Waals surface area contributed by atoms with Gasteiger partial charge in [0.05, 0.1) is 0 Å². The van der Waals surface area contributed by atoms with Crippen LogP contribution in [0.4, 0.5) is 0 Å². The average Bonchev–Trinajstić information content (AvgIpc) is 2.97. The number of carboxylic acid groups (broad SMARTS) is 1. The number of hydrogen-bond donors (Lipinski definition) is 4. The molecule has 5 heteroatoms. The summed E-state index contributed by atoms with van der Waals surface area (Å²) >= 11 is 0. The summed E-state index contributed by atoms with van der Waals surface area (Å²) in [5, 5.41) is 32.0. The molecule has 0 aromatic rings. The van der Waals surface area contributed by atoms with E-state index >= 15 is 0 Å². The molecule has 0 amide bonds. The Bertz CT molecular complexity index is 390. The molecule has 0 aromatic carbocycles. The molecule has 1 rings (SSSR count). The van der Waals surface area contributed by atoms with Gasteiger partial charge in [0.25, 0.3) is 0 Å². The lowest BCUT2D eigenvalue weighted by atomic mass is 9.64. The van der Waals surface area contributed by atoms with Crippen molar-refractivity contribution in [1.82, 2.24) is 5.32 Å². The first-order valence-corrected chi connectivity index (χ1v) is 10.8. The van der Waals surface area contributed by atoms with Gasteiger partial charge in [0.15, 0.2) is 0 Å². The lowest BCUT2D eigenvalue weighted by Crippen LogP contribution is -2.59. The Hall–Kier alpha value is -0.650. The zero-order chi connectivity index (χ0) is 19.3. The predicted octanol–water partition coefficient (Wildman–Crippen LogP) is 3.87. The van der Waals surface area contributed by atoms with E-state index < -0.39 is 16.9 Å². The Balaban J connectivity index is 2.41. The van der Waals surface area contributed by atoms with Crippen LogP contribution in [0.1, 0.15) is 96.8 Å². The van der Waals surface area contributed by atoms with Gasteiger partial charge in [-0.25, -0.2) is 0 Å². The van der Waals surface area contributed by atoms with Crippen molar-refractivity contribution < 1.29 is 20.1 Å². The van der Waals surface area contributed by atoms with Gasteiger partial charge < -0.3 is 20.6 Å². The molecular formula is C21H41NO4. The van der Waals surface area contributed by atoms with Crippen LogP contribution in [-0.2, 0) is 4.79 Å². The lowest BCUT2D eigenvalue weighted by molar-refractivity contribution is -0.151. The molecule has 1 heterocycles. The number of aliphatic hydroxyl groups is 2. The fraction of sp³-hybridized carbons (Fsp3) is 0.952. The summed E-state index contributed by atoms with van der Waals surface area (Å²) in [6.45, 7) is 2.73. The first-order valence-electron chi connectivity index (χ1n) is 10.8. The summed E-state index contributed by atoms with van der Waals surface area (Å²) in [7, 11) is 0. The minimum Gasteiger partial charge on any atom is -0.480 e. The minimum atomic E-state index is -1.09. The van der Waals surface area contributed by atoms with Gasteiger partial charge in [-0.3, -0.25) is 4.79 Å². The maximum absolute atomic E-state index is 12.0. The molecule has 1 aliphatic heterocycles. The van der Waals surface area contributed by atoms with Crippen molar-refractivity contribution >= 4 is 5.97 Å². The van der Waals surface area contributed by atoms with Crippen LogP contribution in [0.5, 0.6) is 0 Å². The number of aliphatic carboxylic acids is 1. The summed E-state index contributed by atoms with van der Waals surface area (Å²) in [4.78, 5) is 12.0. The van der Waals surface area contributed by atoms with Crippen LogP contribution in [0.25, 0.3) is 0 Å². The van der Waals surface area contributed by atoms with E-state index in [1.807, 2.05) is 0 Å². The van der Waals surface area contributed by atoms with Crippen LogP contribution in [0.3, 0.4) is 0 Å². The Labute approximate surface area is 159 Å². The molecule has 0 radical (unpaired) electrons. The standard InChI is InChI=1S/C21H41NO4/c1-2-3-4-5-6-7-8-9-10-11-12-20(14-17-23)13-16-22-21(20,15-18-24)19(25)26/h22-24H,2-18H2,1H3,(H,25,26)/t20?,21-/m1/s1. The summed E-state index contributed by atoms with van der Waals surface area (Å²) in [6, 6.07) is 0. The maximum atomic E-state index is 12.0. The minimum absolute atomic E-state index is 0.000101. The van der Waals surface area contributed by atoms with Crippen LogP contribution in [0.15, 0.2) is 0 Å². The largest absolute Gasteiger partial charge is 0.480 e. The van der Waals surface area contributed by atoms with Crippen molar-refractivity contribution in [2.75, 3.05) is 19.8 Å². The second kappa shape index (κ2) is 12.7. The molecule has 154 valence electrons. The smallest absolute Gasteiger partial charge is 0.324 e. The molecule has 1 unspecified atom stereocenters. The number of nitrogens with one attached hydrogen (secondary N) is 1. The predicted molar refractivity (Wildman–Crippen MR) is 105 cm³/mol. The van der Waals surface area contributed by atoms with Crippen molar-refractivity contribution in [1.29, 1.82) is 0 Å². The third kappa shape index (κ3) is 6.21. The third-order valence-electron chi connectivity index (χ3n) is 6.39. The van der Waals surface area contributed by atoms with Crippen molar-refractivity contribution in [3.05, 3.63) is 0 Å². The number of hydrogen-bond acceptors (Lipinski definition) is 4. The van der Waals surface area contributed by atoms with Gasteiger partial charge in [0, 0.05) is 18.6 Å². The van der Waals surface area contributed by atoms with Gasteiger partial charge >= 0.3 is 5.97 Å². The first-order chi connectivity index (χ1) is 12.6. The molecule has 0 aromatic heterocycles. The molecule has 0 bridgehead atoms. The van der Waals surface area contributed by atoms with E-state index in [0.29, 0.717) is 13.0 Å². The van der Waals surface area contributed by atoms with Crippen LogP contribution in [-0.4, -0.2) is 46.6 Å². The van der Waals surface area contributed by atoms with Crippen molar-refractivity contribution in [3.8, 4) is 0 Å². The summed E-state index contributed by atoms with van der Waals surface area (Å²) in [6.07, 6.45) is 14.8. The topological polar surface area (TPSA) is 89.8 Å². The fourth-order valence-corrected chi connectivity index (χ4v) is 4.81. The van der Waals surface area contributed by atoms with Crippen LogP contribution in [0, 0.1) is 5.41 Å². The number of rotatable bonds is 16. The highest BCUT2D eigenvalue weighted by Gasteiger charge is 2.58. The monoisotopic (exact) mass is 371 g/mol. The fourth-order valence-electron chi connectivity index (χ4n) is 4.81. The number of aliphatic hydroxyl groups excluding tert-OH is 2. The molecule has 0 spiro atoms. The molecule has 26 heavy (non-hydrogen) atoms. The number of unbranched alkanes of at least 4 members (excludes halogenated alkanes) is 9. The first kappa shape index (κ1) is 23.4. The van der Waals surface area contributed by atoms with Gasteiger partial charge in [-0.05, 0) is 32.2 Å². The van der Waals surface area contributed by atoms with Gasteiger partial charge in [-0.1, -0.05) is 71.1 Å². The summed E-state index contributed by atoms with van der Waals surface area (Å²) in [5.41, 5.74) is -1.54. The molecule has 1 saturated heterocycles. The van der Waals surface area contributed by atoms with Crippen molar-refractivity contribution in [3.63, 3.8) is 0 Å². The molecule has 0 aliphatic carbocycles. The molecule has 4 N–H and O–H groups in total. The highest BCUT2D eigenvalue weighted by atomic mass is 16.4. The van der Waals surface area contributed by atoms with E-state index in [4.69, 9.17) is 0 Å². The Kier molecular flexibility index (Phi) is 11.4. The van der Waals surface area contributed by atoms with Gasteiger partial charge in [-0.15, -0.1) is 0 Å². The lowest BCUT2D eigenvalue weighted by Gasteiger charge is -2.43. The normalized spacial score (nSPS) is 25.7. The van der Waals surface area contributed by atoms with E-state index in [9.17, 15) is 20.1 Å². The average molecular weight is 372 g/mol. The zero-order valence-electron chi connectivity index (χ0n) is 16.8. The Morgan fingerprint density at radius 3 is 1.88 bits per heavy atom. The van der Waals surface area contributed by atoms with E-state index in [-0.39, 0.29) is 19.6 Å². The van der Waals surface area contributed by atoms with Gasteiger partial charge in [0.2, 0.25) is 0 Å². The van der Waals surface area contributed by atoms with E-state index in [1.54, 1.807) is 0 Å². The van der Waals surface area contributed by atoms with Crippen LogP contribution in [0.2, 0.25) is 0 Å². The second-order valence-corrected chi connectivity index (χ2v) is 8.05. The second-order valence-electron chi connectivity index (χ2n) is 8.05. The summed E-state index contributed by atoms with van der Waals surface area (Å²) in [5.74, 6) is -0.885.